The fourth-order valence-electron chi connectivity index (χ4n) is 1.78. The standard InChI is InChI=1S/C11H17N3O2/c1-3-14(7-8(2)5-12)11(16)9-4-10(15)13-6-9/h8-9H,3-4,6-7H2,1-2H3,(H,13,15). The van der Waals surface area contributed by atoms with Crippen LogP contribution in [0.4, 0.5) is 0 Å². The second-order valence-corrected chi connectivity index (χ2v) is 4.11. The third-order valence-electron chi connectivity index (χ3n) is 2.73. The molecule has 0 bridgehead atoms. The van der Waals surface area contributed by atoms with Gasteiger partial charge in [-0.05, 0) is 13.8 Å². The summed E-state index contributed by atoms with van der Waals surface area (Å²) in [4.78, 5) is 24.7. The van der Waals surface area contributed by atoms with Crippen molar-refractivity contribution in [2.45, 2.75) is 20.3 Å². The number of nitrogens with zero attached hydrogens (tertiary/aromatic N) is 2. The van der Waals surface area contributed by atoms with Crippen molar-refractivity contribution in [3.63, 3.8) is 0 Å². The van der Waals surface area contributed by atoms with Crippen LogP contribution in [0.3, 0.4) is 0 Å². The van der Waals surface area contributed by atoms with Gasteiger partial charge in [-0.1, -0.05) is 0 Å². The van der Waals surface area contributed by atoms with Crippen LogP contribution in [0.25, 0.3) is 0 Å². The van der Waals surface area contributed by atoms with E-state index in [1.807, 2.05) is 6.92 Å². The maximum Gasteiger partial charge on any atom is 0.228 e. The highest BCUT2D eigenvalue weighted by Crippen LogP contribution is 2.13. The Hall–Kier alpha value is -1.57. The molecule has 0 aromatic rings. The maximum absolute atomic E-state index is 12.0. The normalized spacial score (nSPS) is 21.1. The third kappa shape index (κ3) is 2.96. The molecule has 1 rings (SSSR count). The molecule has 0 aliphatic carbocycles. The Bertz CT molecular complexity index is 322. The lowest BCUT2D eigenvalue weighted by atomic mass is 10.1. The average Bonchev–Trinajstić information content (AvgIpc) is 2.71. The van der Waals surface area contributed by atoms with E-state index < -0.39 is 0 Å². The number of carbonyl (C=O) groups excluding carboxylic acids is 2. The topological polar surface area (TPSA) is 73.2 Å². The van der Waals surface area contributed by atoms with Crippen LogP contribution < -0.4 is 5.32 Å². The summed E-state index contributed by atoms with van der Waals surface area (Å²) in [5.74, 6) is -0.516. The van der Waals surface area contributed by atoms with Crippen LogP contribution in [0.5, 0.6) is 0 Å². The lowest BCUT2D eigenvalue weighted by molar-refractivity contribution is -0.136. The van der Waals surface area contributed by atoms with Crippen molar-refractivity contribution >= 4 is 11.8 Å². The van der Waals surface area contributed by atoms with E-state index >= 15 is 0 Å². The fraction of sp³-hybridized carbons (Fsp3) is 0.727. The summed E-state index contributed by atoms with van der Waals surface area (Å²) in [5, 5.41) is 11.4. The summed E-state index contributed by atoms with van der Waals surface area (Å²) in [6.07, 6.45) is 0.274. The van der Waals surface area contributed by atoms with Gasteiger partial charge in [-0.25, -0.2) is 0 Å². The van der Waals surface area contributed by atoms with Crippen molar-refractivity contribution in [3.05, 3.63) is 0 Å². The average molecular weight is 223 g/mol. The first-order valence-corrected chi connectivity index (χ1v) is 5.53. The van der Waals surface area contributed by atoms with Gasteiger partial charge in [0.25, 0.3) is 0 Å². The summed E-state index contributed by atoms with van der Waals surface area (Å²) in [5.41, 5.74) is 0. The van der Waals surface area contributed by atoms with Crippen LogP contribution in [0, 0.1) is 23.2 Å². The van der Waals surface area contributed by atoms with Gasteiger partial charge in [0.05, 0.1) is 17.9 Å². The van der Waals surface area contributed by atoms with Crippen LogP contribution in [0.15, 0.2) is 0 Å². The highest BCUT2D eigenvalue weighted by Gasteiger charge is 2.31. The predicted octanol–water partition coefficient (Wildman–Crippen LogP) is 0.131. The Labute approximate surface area is 95.4 Å². The second kappa shape index (κ2) is 5.50. The van der Waals surface area contributed by atoms with Crippen LogP contribution in [0.1, 0.15) is 20.3 Å². The van der Waals surface area contributed by atoms with Gasteiger partial charge in [0.15, 0.2) is 0 Å². The van der Waals surface area contributed by atoms with Gasteiger partial charge >= 0.3 is 0 Å². The van der Waals surface area contributed by atoms with E-state index in [1.54, 1.807) is 11.8 Å². The Kier molecular flexibility index (Phi) is 4.29. The third-order valence-corrected chi connectivity index (χ3v) is 2.73. The molecule has 1 heterocycles. The van der Waals surface area contributed by atoms with Crippen molar-refractivity contribution in [1.29, 1.82) is 5.26 Å². The van der Waals surface area contributed by atoms with Gasteiger partial charge in [-0.2, -0.15) is 5.26 Å². The summed E-state index contributed by atoms with van der Waals surface area (Å²) < 4.78 is 0. The zero-order valence-electron chi connectivity index (χ0n) is 9.69. The minimum absolute atomic E-state index is 0.0250. The van der Waals surface area contributed by atoms with Gasteiger partial charge < -0.3 is 10.2 Å². The molecule has 2 atom stereocenters. The SMILES string of the molecule is CCN(CC(C)C#N)C(=O)C1CNC(=O)C1. The molecule has 5 nitrogen and oxygen atoms in total. The first-order chi connectivity index (χ1) is 7.58. The molecule has 0 aromatic heterocycles. The number of carbonyl (C=O) groups is 2. The number of nitriles is 1. The number of rotatable bonds is 4. The molecule has 1 aliphatic rings. The van der Waals surface area contributed by atoms with E-state index in [0.29, 0.717) is 19.6 Å². The molecule has 0 spiro atoms. The van der Waals surface area contributed by atoms with Gasteiger partial charge in [0.2, 0.25) is 11.8 Å². The molecule has 1 saturated heterocycles. The van der Waals surface area contributed by atoms with Crippen LogP contribution >= 0.6 is 0 Å². The lowest BCUT2D eigenvalue weighted by Gasteiger charge is -2.24. The molecule has 1 aliphatic heterocycles. The number of hydrogen-bond donors (Lipinski definition) is 1. The van der Waals surface area contributed by atoms with Crippen molar-refractivity contribution < 1.29 is 9.59 Å². The lowest BCUT2D eigenvalue weighted by Crippen LogP contribution is -2.39. The molecule has 16 heavy (non-hydrogen) atoms. The summed E-state index contributed by atoms with van der Waals surface area (Å²) >= 11 is 0. The van der Waals surface area contributed by atoms with Gasteiger partial charge in [-0.3, -0.25) is 9.59 Å². The Balaban J connectivity index is 2.56. The van der Waals surface area contributed by atoms with Crippen molar-refractivity contribution in [2.75, 3.05) is 19.6 Å². The van der Waals surface area contributed by atoms with Gasteiger partial charge in [0, 0.05) is 26.1 Å². The zero-order chi connectivity index (χ0) is 12.1. The molecular weight excluding hydrogens is 206 g/mol. The minimum Gasteiger partial charge on any atom is -0.355 e. The van der Waals surface area contributed by atoms with Crippen molar-refractivity contribution in [2.24, 2.45) is 11.8 Å². The van der Waals surface area contributed by atoms with E-state index in [9.17, 15) is 9.59 Å². The molecule has 1 fully saturated rings. The minimum atomic E-state index is -0.252. The summed E-state index contributed by atoms with van der Waals surface area (Å²) in [6, 6.07) is 2.11. The van der Waals surface area contributed by atoms with Crippen molar-refractivity contribution in [1.82, 2.24) is 10.2 Å². The summed E-state index contributed by atoms with van der Waals surface area (Å²) in [7, 11) is 0. The van der Waals surface area contributed by atoms with Crippen LogP contribution in [0.2, 0.25) is 0 Å². The van der Waals surface area contributed by atoms with Crippen LogP contribution in [-0.4, -0.2) is 36.3 Å². The van der Waals surface area contributed by atoms with Crippen molar-refractivity contribution in [3.8, 4) is 6.07 Å². The fourth-order valence-corrected chi connectivity index (χ4v) is 1.78. The first kappa shape index (κ1) is 12.5. The van der Waals surface area contributed by atoms with Gasteiger partial charge in [-0.15, -0.1) is 0 Å². The summed E-state index contributed by atoms with van der Waals surface area (Å²) in [6.45, 7) is 5.11. The molecule has 0 radical (unpaired) electrons. The largest absolute Gasteiger partial charge is 0.355 e. The first-order valence-electron chi connectivity index (χ1n) is 5.53. The quantitative estimate of drug-likeness (QED) is 0.736. The van der Waals surface area contributed by atoms with E-state index in [4.69, 9.17) is 5.26 Å². The molecule has 0 aromatic carbocycles. The molecule has 88 valence electrons. The highest BCUT2D eigenvalue weighted by atomic mass is 16.2. The Morgan fingerprint density at radius 1 is 1.75 bits per heavy atom. The second-order valence-electron chi connectivity index (χ2n) is 4.11. The Morgan fingerprint density at radius 2 is 2.44 bits per heavy atom. The van der Waals surface area contributed by atoms with Gasteiger partial charge in [0.1, 0.15) is 0 Å². The van der Waals surface area contributed by atoms with E-state index in [0.717, 1.165) is 0 Å². The Morgan fingerprint density at radius 3 is 2.88 bits per heavy atom. The van der Waals surface area contributed by atoms with E-state index in [2.05, 4.69) is 11.4 Å². The molecule has 0 saturated carbocycles. The highest BCUT2D eigenvalue weighted by molar-refractivity contribution is 5.89. The van der Waals surface area contributed by atoms with E-state index in [-0.39, 0.29) is 30.1 Å². The van der Waals surface area contributed by atoms with E-state index in [1.165, 1.54) is 0 Å². The predicted molar refractivity (Wildman–Crippen MR) is 58.1 cm³/mol. The number of amides is 2. The number of nitrogens with one attached hydrogen (secondary N) is 1. The number of hydrogen-bond acceptors (Lipinski definition) is 3. The smallest absolute Gasteiger partial charge is 0.228 e. The van der Waals surface area contributed by atoms with Crippen LogP contribution in [-0.2, 0) is 9.59 Å². The molecule has 1 N–H and O–H groups in total. The zero-order valence-corrected chi connectivity index (χ0v) is 9.69. The monoisotopic (exact) mass is 223 g/mol. The molecule has 2 unspecified atom stereocenters. The molecule has 2 amide bonds. The molecular formula is C11H17N3O2. The molecule has 5 heteroatoms. The maximum atomic E-state index is 12.0.